The number of carbonyl (C=O) groups excluding carboxylic acids is 3. The van der Waals surface area contributed by atoms with Crippen LogP contribution in [0.3, 0.4) is 0 Å². The molecule has 1 atom stereocenters. The van der Waals surface area contributed by atoms with Gasteiger partial charge >= 0.3 is 0 Å². The Morgan fingerprint density at radius 3 is 2.39 bits per heavy atom. The molecule has 0 bridgehead atoms. The van der Waals surface area contributed by atoms with Gasteiger partial charge in [-0.15, -0.1) is 0 Å². The van der Waals surface area contributed by atoms with E-state index >= 15 is 0 Å². The molecule has 1 heterocycles. The number of anilines is 1. The zero-order valence-electron chi connectivity index (χ0n) is 17.3. The van der Waals surface area contributed by atoms with E-state index in [4.69, 9.17) is 0 Å². The summed E-state index contributed by atoms with van der Waals surface area (Å²) in [5, 5.41) is 0.336. The lowest BCUT2D eigenvalue weighted by Crippen LogP contribution is -2.34. The van der Waals surface area contributed by atoms with E-state index in [9.17, 15) is 14.4 Å². The molecule has 4 rings (SSSR count). The first-order valence-corrected chi connectivity index (χ1v) is 11.0. The number of amides is 1. The van der Waals surface area contributed by atoms with Gasteiger partial charge in [0.1, 0.15) is 0 Å². The van der Waals surface area contributed by atoms with Crippen molar-refractivity contribution >= 4 is 46.2 Å². The molecule has 0 aromatic heterocycles. The van der Waals surface area contributed by atoms with Crippen LogP contribution >= 0.6 is 11.8 Å². The Balaban J connectivity index is 1.72. The van der Waals surface area contributed by atoms with Crippen molar-refractivity contribution in [2.75, 3.05) is 4.90 Å². The van der Waals surface area contributed by atoms with Crippen LogP contribution in [0.15, 0.2) is 76.6 Å². The Kier molecular flexibility index (Phi) is 6.00. The molecule has 2 aliphatic rings. The van der Waals surface area contributed by atoms with Gasteiger partial charge < -0.3 is 0 Å². The third-order valence-electron chi connectivity index (χ3n) is 5.14. The van der Waals surface area contributed by atoms with Crippen LogP contribution in [0, 0.1) is 0 Å². The minimum absolute atomic E-state index is 0.169. The molecule has 2 aromatic rings. The van der Waals surface area contributed by atoms with Gasteiger partial charge in [-0.05, 0) is 53.1 Å². The Labute approximate surface area is 185 Å². The average molecular weight is 431 g/mol. The summed E-state index contributed by atoms with van der Waals surface area (Å²) in [4.78, 5) is 44.2. The van der Waals surface area contributed by atoms with E-state index < -0.39 is 6.04 Å². The summed E-state index contributed by atoms with van der Waals surface area (Å²) in [7, 11) is 0. The van der Waals surface area contributed by atoms with Gasteiger partial charge in [0, 0.05) is 6.42 Å². The van der Waals surface area contributed by atoms with Crippen molar-refractivity contribution in [3.05, 3.63) is 82.8 Å². The molecule has 5 nitrogen and oxygen atoms in total. The highest BCUT2D eigenvalue weighted by Crippen LogP contribution is 2.36. The maximum Gasteiger partial charge on any atom is 0.271 e. The van der Waals surface area contributed by atoms with Crippen molar-refractivity contribution in [2.45, 2.75) is 32.2 Å². The highest BCUT2D eigenvalue weighted by atomic mass is 32.2. The molecule has 0 saturated carbocycles. The molecule has 31 heavy (non-hydrogen) atoms. The molecule has 1 aliphatic carbocycles. The van der Waals surface area contributed by atoms with E-state index in [-0.39, 0.29) is 23.9 Å². The van der Waals surface area contributed by atoms with E-state index in [1.165, 1.54) is 28.3 Å². The fraction of sp³-hybridized carbons (Fsp3) is 0.200. The van der Waals surface area contributed by atoms with Crippen LogP contribution in [0.4, 0.5) is 5.69 Å². The first-order chi connectivity index (χ1) is 14.9. The van der Waals surface area contributed by atoms with Gasteiger partial charge in [0.2, 0.25) is 0 Å². The predicted molar refractivity (Wildman–Crippen MR) is 125 cm³/mol. The van der Waals surface area contributed by atoms with E-state index in [1.807, 2.05) is 36.4 Å². The molecule has 156 valence electrons. The smallest absolute Gasteiger partial charge is 0.271 e. The Morgan fingerprint density at radius 2 is 1.74 bits per heavy atom. The molecular formula is C25H22N2O3S. The third-order valence-corrected chi connectivity index (χ3v) is 6.12. The van der Waals surface area contributed by atoms with Crippen LogP contribution in [-0.4, -0.2) is 28.7 Å². The monoisotopic (exact) mass is 430 g/mol. The molecule has 1 saturated heterocycles. The second-order valence-corrected chi connectivity index (χ2v) is 8.71. The average Bonchev–Trinajstić information content (AvgIpc) is 3.06. The second-order valence-electron chi connectivity index (χ2n) is 7.70. The van der Waals surface area contributed by atoms with Gasteiger partial charge in [-0.25, -0.2) is 4.99 Å². The number of hydrogen-bond donors (Lipinski definition) is 0. The van der Waals surface area contributed by atoms with E-state index in [0.29, 0.717) is 21.7 Å². The Morgan fingerprint density at radius 1 is 1.03 bits per heavy atom. The van der Waals surface area contributed by atoms with Crippen molar-refractivity contribution < 1.29 is 14.4 Å². The quantitative estimate of drug-likeness (QED) is 0.518. The number of ketones is 2. The van der Waals surface area contributed by atoms with Crippen LogP contribution in [0.2, 0.25) is 0 Å². The zero-order chi connectivity index (χ0) is 22.0. The fourth-order valence-electron chi connectivity index (χ4n) is 3.39. The Hall–Kier alpha value is -3.25. The number of aliphatic imine (C=N–C) groups is 1. The summed E-state index contributed by atoms with van der Waals surface area (Å²) in [5.41, 5.74) is 2.77. The summed E-state index contributed by atoms with van der Waals surface area (Å²) < 4.78 is 0. The summed E-state index contributed by atoms with van der Waals surface area (Å²) in [6.07, 6.45) is 4.93. The van der Waals surface area contributed by atoms with Gasteiger partial charge in [0.05, 0.1) is 10.6 Å². The maximum atomic E-state index is 13.3. The standard InChI is InChI=1S/C25H22N2O3S/c1-16(2)18-13-11-17(12-14-18)15-22-24(30)27(19-7-4-3-5-8-19)25(31-22)26-23-20(28)9-6-10-21(23)29/h3-9,11-16,23H,10H2,1-2H3. The number of para-hydroxylation sites is 1. The number of carbonyl (C=O) groups is 3. The zero-order valence-corrected chi connectivity index (χ0v) is 18.1. The summed E-state index contributed by atoms with van der Waals surface area (Å²) in [6, 6.07) is 16.1. The van der Waals surface area contributed by atoms with Crippen LogP contribution in [0.1, 0.15) is 37.3 Å². The van der Waals surface area contributed by atoms with Gasteiger partial charge in [-0.2, -0.15) is 0 Å². The minimum atomic E-state index is -1.10. The lowest BCUT2D eigenvalue weighted by molar-refractivity contribution is -0.126. The largest absolute Gasteiger partial charge is 0.296 e. The van der Waals surface area contributed by atoms with Crippen LogP contribution in [0.5, 0.6) is 0 Å². The van der Waals surface area contributed by atoms with Crippen molar-refractivity contribution in [2.24, 2.45) is 4.99 Å². The third kappa shape index (κ3) is 4.44. The second kappa shape index (κ2) is 8.86. The number of Topliss-reactive ketones (excluding diaryl/α,β-unsaturated/α-hetero) is 1. The van der Waals surface area contributed by atoms with Crippen LogP contribution in [0.25, 0.3) is 6.08 Å². The first kappa shape index (κ1) is 21.0. The summed E-state index contributed by atoms with van der Waals surface area (Å²) in [5.74, 6) is -0.417. The number of benzene rings is 2. The van der Waals surface area contributed by atoms with Gasteiger partial charge in [0.25, 0.3) is 5.91 Å². The summed E-state index contributed by atoms with van der Waals surface area (Å²) in [6.45, 7) is 4.26. The van der Waals surface area contributed by atoms with Crippen molar-refractivity contribution in [3.63, 3.8) is 0 Å². The molecule has 1 aliphatic heterocycles. The molecule has 1 unspecified atom stereocenters. The molecular weight excluding hydrogens is 408 g/mol. The van der Waals surface area contributed by atoms with Crippen molar-refractivity contribution in [3.8, 4) is 0 Å². The molecule has 0 spiro atoms. The molecule has 1 amide bonds. The van der Waals surface area contributed by atoms with Crippen molar-refractivity contribution in [1.82, 2.24) is 0 Å². The lowest BCUT2D eigenvalue weighted by Gasteiger charge is -2.18. The molecule has 0 N–H and O–H groups in total. The summed E-state index contributed by atoms with van der Waals surface area (Å²) >= 11 is 1.18. The normalized spacial score (nSPS) is 21.7. The van der Waals surface area contributed by atoms with E-state index in [0.717, 1.165) is 5.56 Å². The van der Waals surface area contributed by atoms with E-state index in [2.05, 4.69) is 31.0 Å². The number of allylic oxidation sites excluding steroid dienone is 1. The number of nitrogens with zero attached hydrogens (tertiary/aromatic N) is 2. The number of amidine groups is 1. The fourth-order valence-corrected chi connectivity index (χ4v) is 4.40. The topological polar surface area (TPSA) is 66.8 Å². The van der Waals surface area contributed by atoms with Crippen LogP contribution < -0.4 is 4.90 Å². The Bertz CT molecular complexity index is 1120. The number of thioether (sulfide) groups is 1. The van der Waals surface area contributed by atoms with Gasteiger partial charge in [0.15, 0.2) is 22.8 Å². The highest BCUT2D eigenvalue weighted by Gasteiger charge is 2.37. The highest BCUT2D eigenvalue weighted by molar-refractivity contribution is 8.19. The van der Waals surface area contributed by atoms with Crippen LogP contribution in [-0.2, 0) is 14.4 Å². The SMILES string of the molecule is CC(C)c1ccc(C=C2SC(=NC3C(=O)C=CCC3=O)N(c3ccccc3)C2=O)cc1. The van der Waals surface area contributed by atoms with Crippen molar-refractivity contribution in [1.29, 1.82) is 0 Å². The van der Waals surface area contributed by atoms with Gasteiger partial charge in [-0.3, -0.25) is 19.3 Å². The van der Waals surface area contributed by atoms with E-state index in [1.54, 1.807) is 18.2 Å². The maximum absolute atomic E-state index is 13.3. The predicted octanol–water partition coefficient (Wildman–Crippen LogP) is 4.75. The molecule has 0 radical (unpaired) electrons. The lowest BCUT2D eigenvalue weighted by atomic mass is 10.00. The first-order valence-electron chi connectivity index (χ1n) is 10.1. The molecule has 1 fully saturated rings. The van der Waals surface area contributed by atoms with Gasteiger partial charge in [-0.1, -0.05) is 62.4 Å². The molecule has 6 heteroatoms. The molecule has 2 aromatic carbocycles. The number of rotatable bonds is 4. The number of hydrogen-bond acceptors (Lipinski definition) is 5. The minimum Gasteiger partial charge on any atom is -0.296 e.